The molecule has 0 unspecified atom stereocenters. The molecule has 0 aliphatic rings. The van der Waals surface area contributed by atoms with Crippen molar-refractivity contribution in [2.45, 2.75) is 6.92 Å². The van der Waals surface area contributed by atoms with Gasteiger partial charge < -0.3 is 14.2 Å². The van der Waals surface area contributed by atoms with Crippen LogP contribution in [0.1, 0.15) is 18.2 Å². The van der Waals surface area contributed by atoms with Crippen LogP contribution < -0.4 is 9.47 Å². The topological polar surface area (TPSA) is 88.4 Å². The van der Waals surface area contributed by atoms with E-state index in [1.165, 1.54) is 6.08 Å². The molecule has 33 heavy (non-hydrogen) atoms. The van der Waals surface area contributed by atoms with Crippen molar-refractivity contribution in [3.63, 3.8) is 0 Å². The van der Waals surface area contributed by atoms with Gasteiger partial charge in [-0.2, -0.15) is 5.10 Å². The number of benzene rings is 1. The molecule has 0 saturated carbocycles. The Bertz CT molecular complexity index is 1320. The lowest BCUT2D eigenvalue weighted by atomic mass is 9.99. The lowest BCUT2D eigenvalue weighted by Crippen LogP contribution is -2.03. The minimum absolute atomic E-state index is 0.271. The predicted octanol–water partition coefficient (Wildman–Crippen LogP) is 4.04. The maximum absolute atomic E-state index is 12.4. The summed E-state index contributed by atoms with van der Waals surface area (Å²) in [7, 11) is 5.02. The highest BCUT2D eigenvalue weighted by Crippen LogP contribution is 2.32. The van der Waals surface area contributed by atoms with Gasteiger partial charge in [0.05, 0.1) is 44.4 Å². The number of carbonyl (C=O) groups is 1. The van der Waals surface area contributed by atoms with Crippen molar-refractivity contribution < 1.29 is 19.0 Å². The lowest BCUT2D eigenvalue weighted by molar-refractivity contribution is -0.137. The zero-order chi connectivity index (χ0) is 23.4. The van der Waals surface area contributed by atoms with Crippen molar-refractivity contribution in [2.75, 3.05) is 20.8 Å². The first-order valence-electron chi connectivity index (χ1n) is 10.4. The zero-order valence-electron chi connectivity index (χ0n) is 18.9. The monoisotopic (exact) mass is 444 g/mol. The highest BCUT2D eigenvalue weighted by molar-refractivity contribution is 5.97. The van der Waals surface area contributed by atoms with E-state index in [-0.39, 0.29) is 6.61 Å². The standard InChI is InChI=1S/C25H24N4O4/c1-5-33-25(30)11-22(16-7-20(31-3)10-21(8-16)32-4)23-9-17-6-18(12-26-24(17)14-27-23)19-13-28-29(2)15-19/h6-15H,5H2,1-4H3/b22-11+. The van der Waals surface area contributed by atoms with E-state index in [0.717, 1.165) is 22.0 Å². The molecule has 0 atom stereocenters. The van der Waals surface area contributed by atoms with Gasteiger partial charge in [-0.25, -0.2) is 4.79 Å². The summed E-state index contributed by atoms with van der Waals surface area (Å²) in [5.41, 5.74) is 4.53. The summed E-state index contributed by atoms with van der Waals surface area (Å²) in [5.74, 6) is 0.735. The summed E-state index contributed by atoms with van der Waals surface area (Å²) in [5, 5.41) is 5.11. The average Bonchev–Trinajstić information content (AvgIpc) is 3.27. The molecule has 1 aromatic carbocycles. The van der Waals surface area contributed by atoms with E-state index in [9.17, 15) is 4.79 Å². The molecule has 0 aliphatic heterocycles. The first-order valence-corrected chi connectivity index (χ1v) is 10.4. The number of ether oxygens (including phenoxy) is 3. The number of fused-ring (bicyclic) bond motifs is 1. The third-order valence-electron chi connectivity index (χ3n) is 5.09. The Labute approximate surface area is 191 Å². The van der Waals surface area contributed by atoms with Gasteiger partial charge in [0, 0.05) is 53.7 Å². The van der Waals surface area contributed by atoms with Crippen LogP contribution in [0.2, 0.25) is 0 Å². The molecule has 0 bridgehead atoms. The normalized spacial score (nSPS) is 11.5. The molecule has 4 aromatic rings. The van der Waals surface area contributed by atoms with E-state index in [1.54, 1.807) is 50.5 Å². The molecular weight excluding hydrogens is 420 g/mol. The van der Waals surface area contributed by atoms with E-state index in [4.69, 9.17) is 14.2 Å². The van der Waals surface area contributed by atoms with Crippen LogP contribution in [0.25, 0.3) is 27.6 Å². The molecule has 0 fully saturated rings. The zero-order valence-corrected chi connectivity index (χ0v) is 18.9. The van der Waals surface area contributed by atoms with Crippen molar-refractivity contribution in [3.8, 4) is 22.6 Å². The summed E-state index contributed by atoms with van der Waals surface area (Å²) in [6.07, 6.45) is 8.64. The molecule has 4 rings (SSSR count). The van der Waals surface area contributed by atoms with Crippen LogP contribution in [0.5, 0.6) is 11.5 Å². The molecule has 0 radical (unpaired) electrons. The third kappa shape index (κ3) is 4.85. The molecule has 8 nitrogen and oxygen atoms in total. The van der Waals surface area contributed by atoms with Crippen molar-refractivity contribution >= 4 is 22.4 Å². The molecule has 0 aliphatic carbocycles. The van der Waals surface area contributed by atoms with Crippen LogP contribution in [0.4, 0.5) is 0 Å². The minimum atomic E-state index is -0.460. The fourth-order valence-electron chi connectivity index (χ4n) is 3.48. The second-order valence-corrected chi connectivity index (χ2v) is 7.30. The van der Waals surface area contributed by atoms with E-state index in [1.807, 2.05) is 37.5 Å². The van der Waals surface area contributed by atoms with E-state index < -0.39 is 5.97 Å². The highest BCUT2D eigenvalue weighted by Gasteiger charge is 2.14. The van der Waals surface area contributed by atoms with Gasteiger partial charge in [0.2, 0.25) is 0 Å². The Balaban J connectivity index is 1.86. The summed E-state index contributed by atoms with van der Waals surface area (Å²) in [6.45, 7) is 2.04. The maximum atomic E-state index is 12.4. The van der Waals surface area contributed by atoms with Crippen LogP contribution in [0, 0.1) is 0 Å². The van der Waals surface area contributed by atoms with Crippen LogP contribution in [-0.4, -0.2) is 46.5 Å². The number of hydrogen-bond acceptors (Lipinski definition) is 7. The summed E-state index contributed by atoms with van der Waals surface area (Å²) >= 11 is 0. The summed E-state index contributed by atoms with van der Waals surface area (Å²) < 4.78 is 17.7. The Hall–Kier alpha value is -4.20. The van der Waals surface area contributed by atoms with E-state index in [0.29, 0.717) is 28.3 Å². The number of aryl methyl sites for hydroxylation is 1. The molecule has 0 N–H and O–H groups in total. The fraction of sp³-hybridized carbons (Fsp3) is 0.200. The number of nitrogens with zero attached hydrogens (tertiary/aromatic N) is 4. The summed E-state index contributed by atoms with van der Waals surface area (Å²) in [6, 6.07) is 9.34. The number of rotatable bonds is 7. The van der Waals surface area contributed by atoms with Gasteiger partial charge in [-0.1, -0.05) is 0 Å². The predicted molar refractivity (Wildman–Crippen MR) is 125 cm³/mol. The number of pyridine rings is 2. The Morgan fingerprint density at radius 2 is 1.73 bits per heavy atom. The van der Waals surface area contributed by atoms with Crippen molar-refractivity contribution in [1.29, 1.82) is 0 Å². The van der Waals surface area contributed by atoms with Crippen molar-refractivity contribution in [3.05, 3.63) is 72.5 Å². The van der Waals surface area contributed by atoms with Gasteiger partial charge >= 0.3 is 5.97 Å². The Morgan fingerprint density at radius 1 is 0.970 bits per heavy atom. The lowest BCUT2D eigenvalue weighted by Gasteiger charge is -2.12. The minimum Gasteiger partial charge on any atom is -0.497 e. The fourth-order valence-corrected chi connectivity index (χ4v) is 3.48. The maximum Gasteiger partial charge on any atom is 0.331 e. The molecule has 0 spiro atoms. The smallest absolute Gasteiger partial charge is 0.331 e. The largest absolute Gasteiger partial charge is 0.497 e. The number of carbonyl (C=O) groups excluding carboxylic acids is 1. The first kappa shape index (κ1) is 22.0. The van der Waals surface area contributed by atoms with Crippen LogP contribution >= 0.6 is 0 Å². The second kappa shape index (κ2) is 9.52. The number of methoxy groups -OCH3 is 2. The van der Waals surface area contributed by atoms with Crippen LogP contribution in [-0.2, 0) is 16.6 Å². The van der Waals surface area contributed by atoms with E-state index >= 15 is 0 Å². The quantitative estimate of drug-likeness (QED) is 0.314. The van der Waals surface area contributed by atoms with Gasteiger partial charge in [-0.15, -0.1) is 0 Å². The molecule has 3 aromatic heterocycles. The van der Waals surface area contributed by atoms with Crippen LogP contribution in [0.15, 0.2) is 61.2 Å². The number of aromatic nitrogens is 4. The van der Waals surface area contributed by atoms with E-state index in [2.05, 4.69) is 15.1 Å². The van der Waals surface area contributed by atoms with Crippen LogP contribution in [0.3, 0.4) is 0 Å². The SMILES string of the molecule is CCOC(=O)/C=C(\c1cc(OC)cc(OC)c1)c1cc2cc(-c3cnn(C)c3)cnc2cn1. The second-order valence-electron chi connectivity index (χ2n) is 7.30. The van der Waals surface area contributed by atoms with Gasteiger partial charge in [-0.3, -0.25) is 14.6 Å². The van der Waals surface area contributed by atoms with Gasteiger partial charge in [0.25, 0.3) is 0 Å². The molecule has 168 valence electrons. The Kier molecular flexibility index (Phi) is 6.35. The molecule has 8 heteroatoms. The first-order chi connectivity index (χ1) is 16.0. The highest BCUT2D eigenvalue weighted by atomic mass is 16.5. The average molecular weight is 444 g/mol. The molecule has 3 heterocycles. The number of hydrogen-bond donors (Lipinski definition) is 0. The molecule has 0 amide bonds. The number of esters is 1. The van der Waals surface area contributed by atoms with Crippen molar-refractivity contribution in [2.24, 2.45) is 7.05 Å². The Morgan fingerprint density at radius 3 is 2.36 bits per heavy atom. The third-order valence-corrected chi connectivity index (χ3v) is 5.09. The summed E-state index contributed by atoms with van der Waals surface area (Å²) in [4.78, 5) is 21.5. The van der Waals surface area contributed by atoms with Gasteiger partial charge in [-0.05, 0) is 36.8 Å². The van der Waals surface area contributed by atoms with Crippen molar-refractivity contribution in [1.82, 2.24) is 19.7 Å². The molecular formula is C25H24N4O4. The van der Waals surface area contributed by atoms with Gasteiger partial charge in [0.1, 0.15) is 11.5 Å². The molecule has 0 saturated heterocycles. The van der Waals surface area contributed by atoms with Gasteiger partial charge in [0.15, 0.2) is 0 Å².